The zero-order valence-corrected chi connectivity index (χ0v) is 15.6. The van der Waals surface area contributed by atoms with Gasteiger partial charge in [-0.15, -0.1) is 0 Å². The van der Waals surface area contributed by atoms with Crippen molar-refractivity contribution in [3.8, 4) is 11.5 Å². The smallest absolute Gasteiger partial charge is 0.142 e. The van der Waals surface area contributed by atoms with Crippen LogP contribution in [0.2, 0.25) is 5.02 Å². The predicted molar refractivity (Wildman–Crippen MR) is 102 cm³/mol. The van der Waals surface area contributed by atoms with Crippen molar-refractivity contribution in [1.29, 1.82) is 0 Å². The molecule has 0 saturated carbocycles. The Morgan fingerprint density at radius 1 is 1.04 bits per heavy atom. The van der Waals surface area contributed by atoms with E-state index in [1.165, 1.54) is 0 Å². The van der Waals surface area contributed by atoms with Gasteiger partial charge in [0, 0.05) is 11.6 Å². The lowest BCUT2D eigenvalue weighted by atomic mass is 10.1. The van der Waals surface area contributed by atoms with E-state index in [0.717, 1.165) is 33.3 Å². The van der Waals surface area contributed by atoms with E-state index in [2.05, 4.69) is 19.2 Å². The van der Waals surface area contributed by atoms with Crippen LogP contribution in [0.1, 0.15) is 25.0 Å². The summed E-state index contributed by atoms with van der Waals surface area (Å²) in [6.07, 6.45) is 0. The van der Waals surface area contributed by atoms with Crippen molar-refractivity contribution in [2.75, 3.05) is 25.1 Å². The second-order valence-electron chi connectivity index (χ2n) is 6.35. The van der Waals surface area contributed by atoms with Crippen LogP contribution in [0.15, 0.2) is 36.4 Å². The molecule has 0 aliphatic carbocycles. The number of rotatable bonds is 8. The van der Waals surface area contributed by atoms with Gasteiger partial charge in [-0.1, -0.05) is 37.6 Å². The molecule has 0 aromatic heterocycles. The summed E-state index contributed by atoms with van der Waals surface area (Å²) in [4.78, 5) is 0. The maximum Gasteiger partial charge on any atom is 0.142 e. The molecule has 2 rings (SSSR count). The van der Waals surface area contributed by atoms with Gasteiger partial charge in [0.15, 0.2) is 0 Å². The fourth-order valence-corrected chi connectivity index (χ4v) is 2.45. The Hall–Kier alpha value is -1.87. The van der Waals surface area contributed by atoms with E-state index in [-0.39, 0.29) is 0 Å². The van der Waals surface area contributed by atoms with E-state index in [9.17, 15) is 0 Å². The summed E-state index contributed by atoms with van der Waals surface area (Å²) < 4.78 is 11.7. The number of aryl methyl sites for hydroxylation is 2. The molecular weight excluding hydrogens is 322 g/mol. The molecule has 0 unspecified atom stereocenters. The third kappa shape index (κ3) is 5.34. The topological polar surface area (TPSA) is 30.5 Å². The number of ether oxygens (including phenoxy) is 2. The van der Waals surface area contributed by atoms with E-state index in [1.54, 1.807) is 0 Å². The van der Waals surface area contributed by atoms with Crippen molar-refractivity contribution in [2.45, 2.75) is 27.7 Å². The Kier molecular flexibility index (Phi) is 6.80. The number of hydrogen-bond acceptors (Lipinski definition) is 3. The van der Waals surface area contributed by atoms with Gasteiger partial charge in [-0.2, -0.15) is 0 Å². The molecule has 130 valence electrons. The molecule has 0 aliphatic heterocycles. The quantitative estimate of drug-likeness (QED) is 0.641. The Labute approximate surface area is 149 Å². The van der Waals surface area contributed by atoms with Crippen LogP contribution in [-0.2, 0) is 0 Å². The van der Waals surface area contributed by atoms with Crippen LogP contribution in [0.3, 0.4) is 0 Å². The first-order valence-corrected chi connectivity index (χ1v) is 8.70. The molecule has 0 saturated heterocycles. The Bertz CT molecular complexity index is 647. The third-order valence-corrected chi connectivity index (χ3v) is 4.15. The monoisotopic (exact) mass is 347 g/mol. The number of benzene rings is 2. The Balaban J connectivity index is 1.86. The van der Waals surface area contributed by atoms with Crippen molar-refractivity contribution in [1.82, 2.24) is 0 Å². The first-order chi connectivity index (χ1) is 11.5. The van der Waals surface area contributed by atoms with Gasteiger partial charge in [0.25, 0.3) is 0 Å². The summed E-state index contributed by atoms with van der Waals surface area (Å²) in [7, 11) is 0. The SMILES string of the molecule is Cc1cc(OCCNc2ccccc2OCC(C)C)cc(C)c1Cl. The zero-order valence-electron chi connectivity index (χ0n) is 14.9. The fourth-order valence-electron chi connectivity index (χ4n) is 2.34. The molecule has 0 aliphatic rings. The highest BCUT2D eigenvalue weighted by Gasteiger charge is 2.05. The average Bonchev–Trinajstić information content (AvgIpc) is 2.55. The van der Waals surface area contributed by atoms with Gasteiger partial charge in [-0.3, -0.25) is 0 Å². The van der Waals surface area contributed by atoms with Gasteiger partial charge in [0.1, 0.15) is 18.1 Å². The lowest BCUT2D eigenvalue weighted by Crippen LogP contribution is -2.13. The molecule has 0 heterocycles. The number of anilines is 1. The first kappa shape index (κ1) is 18.5. The summed E-state index contributed by atoms with van der Waals surface area (Å²) in [5.74, 6) is 2.22. The summed E-state index contributed by atoms with van der Waals surface area (Å²) in [5, 5.41) is 4.17. The summed E-state index contributed by atoms with van der Waals surface area (Å²) in [5.41, 5.74) is 3.06. The second kappa shape index (κ2) is 8.84. The second-order valence-corrected chi connectivity index (χ2v) is 6.73. The van der Waals surface area contributed by atoms with Crippen LogP contribution in [0.4, 0.5) is 5.69 Å². The molecule has 0 radical (unpaired) electrons. The lowest BCUT2D eigenvalue weighted by Gasteiger charge is -2.15. The molecule has 3 nitrogen and oxygen atoms in total. The summed E-state index contributed by atoms with van der Waals surface area (Å²) >= 11 is 6.18. The minimum Gasteiger partial charge on any atom is -0.492 e. The fraction of sp³-hybridized carbons (Fsp3) is 0.400. The van der Waals surface area contributed by atoms with Gasteiger partial charge in [0.2, 0.25) is 0 Å². The molecule has 24 heavy (non-hydrogen) atoms. The van der Waals surface area contributed by atoms with Crippen molar-refractivity contribution in [2.24, 2.45) is 5.92 Å². The minimum atomic E-state index is 0.498. The first-order valence-electron chi connectivity index (χ1n) is 8.32. The van der Waals surface area contributed by atoms with E-state index in [1.807, 2.05) is 50.2 Å². The predicted octanol–water partition coefficient (Wildman–Crippen LogP) is 5.48. The maximum absolute atomic E-state index is 6.18. The summed E-state index contributed by atoms with van der Waals surface area (Å²) in [6, 6.07) is 11.9. The Morgan fingerprint density at radius 3 is 2.38 bits per heavy atom. The van der Waals surface area contributed by atoms with Gasteiger partial charge in [-0.25, -0.2) is 0 Å². The standard InChI is InChI=1S/C20H26ClNO2/c1-14(2)13-24-19-8-6-5-7-18(19)22-9-10-23-17-11-15(3)20(21)16(4)12-17/h5-8,11-12,14,22H,9-10,13H2,1-4H3. The molecule has 2 aromatic carbocycles. The van der Waals surface area contributed by atoms with Gasteiger partial charge >= 0.3 is 0 Å². The number of hydrogen-bond donors (Lipinski definition) is 1. The van der Waals surface area contributed by atoms with Crippen molar-refractivity contribution in [3.63, 3.8) is 0 Å². The van der Waals surface area contributed by atoms with E-state index in [0.29, 0.717) is 25.7 Å². The minimum absolute atomic E-state index is 0.498. The highest BCUT2D eigenvalue weighted by Crippen LogP contribution is 2.26. The maximum atomic E-state index is 6.18. The highest BCUT2D eigenvalue weighted by molar-refractivity contribution is 6.32. The summed E-state index contributed by atoms with van der Waals surface area (Å²) in [6.45, 7) is 10.2. The highest BCUT2D eigenvalue weighted by atomic mass is 35.5. The van der Waals surface area contributed by atoms with E-state index in [4.69, 9.17) is 21.1 Å². The van der Waals surface area contributed by atoms with E-state index < -0.39 is 0 Å². The molecule has 0 amide bonds. The largest absolute Gasteiger partial charge is 0.492 e. The van der Waals surface area contributed by atoms with Crippen molar-refractivity contribution >= 4 is 17.3 Å². The van der Waals surface area contributed by atoms with Gasteiger partial charge in [0.05, 0.1) is 12.3 Å². The molecule has 0 bridgehead atoms. The van der Waals surface area contributed by atoms with Crippen LogP contribution < -0.4 is 14.8 Å². The third-order valence-electron chi connectivity index (χ3n) is 3.56. The molecular formula is C20H26ClNO2. The Morgan fingerprint density at radius 2 is 1.71 bits per heavy atom. The molecule has 0 atom stereocenters. The van der Waals surface area contributed by atoms with Crippen LogP contribution in [-0.4, -0.2) is 19.8 Å². The van der Waals surface area contributed by atoms with Crippen LogP contribution in [0.5, 0.6) is 11.5 Å². The van der Waals surface area contributed by atoms with Gasteiger partial charge in [-0.05, 0) is 55.2 Å². The zero-order chi connectivity index (χ0) is 17.5. The molecule has 1 N–H and O–H groups in total. The number of halogens is 1. The van der Waals surface area contributed by atoms with Gasteiger partial charge < -0.3 is 14.8 Å². The molecule has 4 heteroatoms. The van der Waals surface area contributed by atoms with E-state index >= 15 is 0 Å². The van der Waals surface area contributed by atoms with Crippen LogP contribution >= 0.6 is 11.6 Å². The van der Waals surface area contributed by atoms with Crippen LogP contribution in [0.25, 0.3) is 0 Å². The van der Waals surface area contributed by atoms with Crippen LogP contribution in [0, 0.1) is 19.8 Å². The van der Waals surface area contributed by atoms with Crippen molar-refractivity contribution < 1.29 is 9.47 Å². The molecule has 2 aromatic rings. The van der Waals surface area contributed by atoms with Crippen molar-refractivity contribution in [3.05, 3.63) is 52.5 Å². The normalized spacial score (nSPS) is 10.8. The molecule has 0 spiro atoms. The number of nitrogens with one attached hydrogen (secondary N) is 1. The molecule has 0 fully saturated rings. The lowest BCUT2D eigenvalue weighted by molar-refractivity contribution is 0.272. The number of para-hydroxylation sites is 2. The average molecular weight is 348 g/mol.